The van der Waals surface area contributed by atoms with Gasteiger partial charge >= 0.3 is 0 Å². The molecule has 2 unspecified atom stereocenters. The molecule has 2 rings (SSSR count). The Labute approximate surface area is 59.9 Å². The zero-order valence-electron chi connectivity index (χ0n) is 5.75. The molecule has 0 aromatic carbocycles. The highest BCUT2D eigenvalue weighted by Crippen LogP contribution is 2.23. The summed E-state index contributed by atoms with van der Waals surface area (Å²) in [6, 6.07) is 0. The molecular formula is C8H10O2. The Hall–Kier alpha value is -0.630. The third-order valence-corrected chi connectivity index (χ3v) is 2.09. The first kappa shape index (κ1) is 6.10. The first-order chi connectivity index (χ1) is 4.86. The van der Waals surface area contributed by atoms with Crippen LogP contribution in [0.3, 0.4) is 0 Å². The zero-order chi connectivity index (χ0) is 6.97. The van der Waals surface area contributed by atoms with Gasteiger partial charge in [-0.2, -0.15) is 0 Å². The van der Waals surface area contributed by atoms with Gasteiger partial charge in [0.25, 0.3) is 0 Å². The van der Waals surface area contributed by atoms with Crippen LogP contribution in [0.1, 0.15) is 19.3 Å². The Balaban J connectivity index is 2.21. The normalized spacial score (nSPS) is 38.2. The van der Waals surface area contributed by atoms with E-state index >= 15 is 0 Å². The number of carbonyl (C=O) groups excluding carboxylic acids is 1. The van der Waals surface area contributed by atoms with E-state index in [0.29, 0.717) is 0 Å². The smallest absolute Gasteiger partial charge is 0.184 e. The quantitative estimate of drug-likeness (QED) is 0.500. The van der Waals surface area contributed by atoms with Gasteiger partial charge in [-0.05, 0) is 25.3 Å². The third-order valence-electron chi connectivity index (χ3n) is 2.09. The van der Waals surface area contributed by atoms with Gasteiger partial charge in [0, 0.05) is 0 Å². The van der Waals surface area contributed by atoms with Gasteiger partial charge in [-0.3, -0.25) is 4.79 Å². The minimum absolute atomic E-state index is 0.108. The van der Waals surface area contributed by atoms with Gasteiger partial charge in [-0.25, -0.2) is 0 Å². The summed E-state index contributed by atoms with van der Waals surface area (Å²) in [6.45, 7) is 0. The highest BCUT2D eigenvalue weighted by Gasteiger charge is 2.28. The number of rotatable bonds is 0. The fraction of sp³-hybridized carbons (Fsp3) is 0.625. The molecule has 2 heteroatoms. The number of hydrogen-bond donors (Lipinski definition) is 0. The molecular weight excluding hydrogens is 128 g/mol. The molecule has 0 aromatic rings. The molecule has 0 radical (unpaired) electrons. The Morgan fingerprint density at radius 3 is 3.20 bits per heavy atom. The van der Waals surface area contributed by atoms with Crippen molar-refractivity contribution in [2.24, 2.45) is 0 Å². The second-order valence-electron chi connectivity index (χ2n) is 2.86. The molecule has 54 valence electrons. The second-order valence-corrected chi connectivity index (χ2v) is 2.86. The fourth-order valence-corrected chi connectivity index (χ4v) is 1.51. The topological polar surface area (TPSA) is 26.3 Å². The second kappa shape index (κ2) is 2.20. The van der Waals surface area contributed by atoms with Crippen LogP contribution in [0.15, 0.2) is 12.2 Å². The Morgan fingerprint density at radius 1 is 1.50 bits per heavy atom. The highest BCUT2D eigenvalue weighted by atomic mass is 16.5. The predicted octanol–water partition coefficient (Wildman–Crippen LogP) is 1.06. The molecule has 0 amide bonds. The average molecular weight is 138 g/mol. The molecule has 2 atom stereocenters. The Bertz CT molecular complexity index is 184. The molecule has 0 N–H and O–H groups in total. The molecule has 10 heavy (non-hydrogen) atoms. The van der Waals surface area contributed by atoms with Gasteiger partial charge in [-0.15, -0.1) is 0 Å². The van der Waals surface area contributed by atoms with E-state index in [1.54, 1.807) is 6.08 Å². The summed E-state index contributed by atoms with van der Waals surface area (Å²) in [4.78, 5) is 11.0. The van der Waals surface area contributed by atoms with E-state index < -0.39 is 0 Å². The Kier molecular flexibility index (Phi) is 1.34. The van der Waals surface area contributed by atoms with Gasteiger partial charge < -0.3 is 4.74 Å². The lowest BCUT2D eigenvalue weighted by atomic mass is 9.96. The third kappa shape index (κ3) is 0.886. The first-order valence-corrected chi connectivity index (χ1v) is 3.74. The summed E-state index contributed by atoms with van der Waals surface area (Å²) in [6.07, 6.45) is 6.79. The maximum atomic E-state index is 11.0. The van der Waals surface area contributed by atoms with Crippen molar-refractivity contribution < 1.29 is 9.53 Å². The SMILES string of the molecule is O=C1C=CC2CCCC1O2. The van der Waals surface area contributed by atoms with E-state index in [0.717, 1.165) is 19.3 Å². The largest absolute Gasteiger partial charge is 0.363 e. The van der Waals surface area contributed by atoms with E-state index in [1.807, 2.05) is 6.08 Å². The summed E-state index contributed by atoms with van der Waals surface area (Å²) in [5.74, 6) is 0.149. The van der Waals surface area contributed by atoms with Crippen LogP contribution in [-0.4, -0.2) is 18.0 Å². The molecule has 1 saturated heterocycles. The number of carbonyl (C=O) groups is 1. The Morgan fingerprint density at radius 2 is 2.40 bits per heavy atom. The van der Waals surface area contributed by atoms with Gasteiger partial charge in [0.2, 0.25) is 0 Å². The van der Waals surface area contributed by atoms with Gasteiger partial charge in [-0.1, -0.05) is 6.08 Å². The van der Waals surface area contributed by atoms with Crippen molar-refractivity contribution in [2.45, 2.75) is 31.5 Å². The molecule has 0 aromatic heterocycles. The lowest BCUT2D eigenvalue weighted by Crippen LogP contribution is -2.35. The number of hydrogen-bond acceptors (Lipinski definition) is 2. The van der Waals surface area contributed by atoms with Crippen molar-refractivity contribution in [1.29, 1.82) is 0 Å². The summed E-state index contributed by atoms with van der Waals surface area (Å²) in [7, 11) is 0. The number of fused-ring (bicyclic) bond motifs is 2. The molecule has 2 heterocycles. The molecule has 0 spiro atoms. The molecule has 0 saturated carbocycles. The van der Waals surface area contributed by atoms with Crippen molar-refractivity contribution in [3.63, 3.8) is 0 Å². The van der Waals surface area contributed by atoms with Crippen LogP contribution < -0.4 is 0 Å². The zero-order valence-corrected chi connectivity index (χ0v) is 5.75. The molecule has 2 aliphatic heterocycles. The van der Waals surface area contributed by atoms with Crippen molar-refractivity contribution in [2.75, 3.05) is 0 Å². The van der Waals surface area contributed by atoms with Crippen LogP contribution >= 0.6 is 0 Å². The molecule has 0 aliphatic carbocycles. The minimum atomic E-state index is -0.108. The van der Waals surface area contributed by atoms with Crippen molar-refractivity contribution in [3.8, 4) is 0 Å². The van der Waals surface area contributed by atoms with Crippen LogP contribution in [0.25, 0.3) is 0 Å². The predicted molar refractivity (Wildman–Crippen MR) is 36.7 cm³/mol. The highest BCUT2D eigenvalue weighted by molar-refractivity contribution is 5.94. The van der Waals surface area contributed by atoms with E-state index in [9.17, 15) is 4.79 Å². The monoisotopic (exact) mass is 138 g/mol. The standard InChI is InChI=1S/C8H10O2/c9-7-5-4-6-2-1-3-8(7)10-6/h4-6,8H,1-3H2. The van der Waals surface area contributed by atoms with E-state index in [4.69, 9.17) is 4.74 Å². The van der Waals surface area contributed by atoms with E-state index in [2.05, 4.69) is 0 Å². The summed E-state index contributed by atoms with van der Waals surface area (Å²) in [5.41, 5.74) is 0. The maximum Gasteiger partial charge on any atom is 0.184 e. The minimum Gasteiger partial charge on any atom is -0.363 e. The van der Waals surface area contributed by atoms with Gasteiger partial charge in [0.05, 0.1) is 6.10 Å². The summed E-state index contributed by atoms with van der Waals surface area (Å²) >= 11 is 0. The fourth-order valence-electron chi connectivity index (χ4n) is 1.51. The lowest BCUT2D eigenvalue weighted by Gasteiger charge is -2.29. The van der Waals surface area contributed by atoms with Crippen LogP contribution in [-0.2, 0) is 9.53 Å². The van der Waals surface area contributed by atoms with E-state index in [1.165, 1.54) is 0 Å². The van der Waals surface area contributed by atoms with Crippen LogP contribution in [0.4, 0.5) is 0 Å². The average Bonchev–Trinajstić information content (AvgIpc) is 1.99. The van der Waals surface area contributed by atoms with Gasteiger partial charge in [0.15, 0.2) is 5.78 Å². The first-order valence-electron chi connectivity index (χ1n) is 3.74. The van der Waals surface area contributed by atoms with Crippen LogP contribution in [0.5, 0.6) is 0 Å². The molecule has 2 nitrogen and oxygen atoms in total. The van der Waals surface area contributed by atoms with Crippen molar-refractivity contribution >= 4 is 5.78 Å². The summed E-state index contributed by atoms with van der Waals surface area (Å²) in [5, 5.41) is 0. The number of ether oxygens (including phenoxy) is 1. The van der Waals surface area contributed by atoms with Crippen LogP contribution in [0, 0.1) is 0 Å². The van der Waals surface area contributed by atoms with Gasteiger partial charge in [0.1, 0.15) is 6.10 Å². The molecule has 2 aliphatic rings. The van der Waals surface area contributed by atoms with Crippen LogP contribution in [0.2, 0.25) is 0 Å². The lowest BCUT2D eigenvalue weighted by molar-refractivity contribution is -0.133. The van der Waals surface area contributed by atoms with Crippen molar-refractivity contribution in [3.05, 3.63) is 12.2 Å². The van der Waals surface area contributed by atoms with E-state index in [-0.39, 0.29) is 18.0 Å². The number of ketones is 1. The maximum absolute atomic E-state index is 11.0. The van der Waals surface area contributed by atoms with Crippen molar-refractivity contribution in [1.82, 2.24) is 0 Å². The molecule has 1 fully saturated rings. The summed E-state index contributed by atoms with van der Waals surface area (Å²) < 4.78 is 5.40. The molecule has 2 bridgehead atoms.